The molecule has 0 fully saturated rings. The van der Waals surface area contributed by atoms with Crippen molar-refractivity contribution in [2.45, 2.75) is 51.1 Å². The molecule has 0 aliphatic rings. The summed E-state index contributed by atoms with van der Waals surface area (Å²) < 4.78 is 33.0. The smallest absolute Gasteiger partial charge is 0.241 e. The van der Waals surface area contributed by atoms with Gasteiger partial charge in [-0.25, -0.2) is 8.42 Å². The van der Waals surface area contributed by atoms with Gasteiger partial charge in [0.2, 0.25) is 15.9 Å². The Morgan fingerprint density at radius 1 is 1.08 bits per heavy atom. The highest BCUT2D eigenvalue weighted by molar-refractivity contribution is 7.89. The molecule has 0 saturated heterocycles. The first-order valence-electron chi connectivity index (χ1n) is 8.63. The van der Waals surface area contributed by atoms with Gasteiger partial charge in [-0.1, -0.05) is 39.8 Å². The second-order valence-electron chi connectivity index (χ2n) is 6.86. The van der Waals surface area contributed by atoms with Crippen LogP contribution in [-0.2, 0) is 21.4 Å². The predicted molar refractivity (Wildman–Crippen MR) is 100 cm³/mol. The van der Waals surface area contributed by atoms with Crippen molar-refractivity contribution in [3.8, 4) is 0 Å². The van der Waals surface area contributed by atoms with Gasteiger partial charge in [0.05, 0.1) is 17.7 Å². The summed E-state index contributed by atoms with van der Waals surface area (Å²) >= 11 is 0. The SMILES string of the molecule is CC(C)c1ccc(S(=O)(=O)N[C@H](C(=O)NCc2ccco2)C(C)C)cc1. The van der Waals surface area contributed by atoms with E-state index in [1.54, 1.807) is 50.2 Å². The molecule has 0 spiro atoms. The van der Waals surface area contributed by atoms with Crippen LogP contribution in [0.2, 0.25) is 0 Å². The van der Waals surface area contributed by atoms with Gasteiger partial charge in [0.1, 0.15) is 11.8 Å². The highest BCUT2D eigenvalue weighted by Gasteiger charge is 2.28. The second kappa shape index (κ2) is 8.51. The zero-order chi connectivity index (χ0) is 19.3. The highest BCUT2D eigenvalue weighted by Crippen LogP contribution is 2.18. The molecular formula is C19H26N2O4S. The normalized spacial score (nSPS) is 13.2. The molecule has 1 aromatic carbocycles. The molecule has 0 unspecified atom stereocenters. The maximum Gasteiger partial charge on any atom is 0.241 e. The molecule has 0 saturated carbocycles. The van der Waals surface area contributed by atoms with Gasteiger partial charge >= 0.3 is 0 Å². The summed E-state index contributed by atoms with van der Waals surface area (Å²) in [6, 6.07) is 9.31. The van der Waals surface area contributed by atoms with Crippen molar-refractivity contribution in [3.05, 3.63) is 54.0 Å². The first kappa shape index (κ1) is 20.2. The maximum atomic E-state index is 12.7. The van der Waals surface area contributed by atoms with Crippen LogP contribution in [0.1, 0.15) is 44.9 Å². The summed E-state index contributed by atoms with van der Waals surface area (Å²) in [5.74, 6) is 0.318. The van der Waals surface area contributed by atoms with E-state index in [-0.39, 0.29) is 17.4 Å². The van der Waals surface area contributed by atoms with Crippen molar-refractivity contribution in [1.82, 2.24) is 10.0 Å². The Morgan fingerprint density at radius 3 is 2.23 bits per heavy atom. The fraction of sp³-hybridized carbons (Fsp3) is 0.421. The molecule has 2 aromatic rings. The van der Waals surface area contributed by atoms with Crippen LogP contribution in [0.25, 0.3) is 0 Å². The predicted octanol–water partition coefficient (Wildman–Crippen LogP) is 3.02. The molecule has 6 nitrogen and oxygen atoms in total. The van der Waals surface area contributed by atoms with Crippen molar-refractivity contribution >= 4 is 15.9 Å². The standard InChI is InChI=1S/C19H26N2O4S/c1-13(2)15-7-9-17(10-8-15)26(23,24)21-18(14(3)4)19(22)20-12-16-6-5-11-25-16/h5-11,13-14,18,21H,12H2,1-4H3,(H,20,22)/t18-/m0/s1. The lowest BCUT2D eigenvalue weighted by Crippen LogP contribution is -2.49. The summed E-state index contributed by atoms with van der Waals surface area (Å²) in [5.41, 5.74) is 1.06. The first-order chi connectivity index (χ1) is 12.2. The lowest BCUT2D eigenvalue weighted by Gasteiger charge is -2.21. The third-order valence-electron chi connectivity index (χ3n) is 4.11. The van der Waals surface area contributed by atoms with Crippen molar-refractivity contribution in [2.24, 2.45) is 5.92 Å². The van der Waals surface area contributed by atoms with Gasteiger partial charge in [-0.3, -0.25) is 4.79 Å². The number of rotatable bonds is 8. The molecule has 1 atom stereocenters. The summed E-state index contributed by atoms with van der Waals surface area (Å²) in [7, 11) is -3.80. The van der Waals surface area contributed by atoms with Crippen LogP contribution in [0.3, 0.4) is 0 Å². The lowest BCUT2D eigenvalue weighted by atomic mass is 10.0. The van der Waals surface area contributed by atoms with Gasteiger partial charge in [-0.15, -0.1) is 0 Å². The number of carbonyl (C=O) groups is 1. The van der Waals surface area contributed by atoms with Crippen LogP contribution < -0.4 is 10.0 Å². The topological polar surface area (TPSA) is 88.4 Å². The number of hydrogen-bond donors (Lipinski definition) is 2. The van der Waals surface area contributed by atoms with Crippen LogP contribution in [0.4, 0.5) is 0 Å². The van der Waals surface area contributed by atoms with Crippen molar-refractivity contribution in [3.63, 3.8) is 0 Å². The van der Waals surface area contributed by atoms with Crippen molar-refractivity contribution in [1.29, 1.82) is 0 Å². The molecule has 26 heavy (non-hydrogen) atoms. The summed E-state index contributed by atoms with van der Waals surface area (Å²) in [5, 5.41) is 2.70. The molecule has 0 aliphatic carbocycles. The molecular weight excluding hydrogens is 352 g/mol. The molecule has 0 bridgehead atoms. The van der Waals surface area contributed by atoms with Crippen LogP contribution >= 0.6 is 0 Å². The number of benzene rings is 1. The minimum Gasteiger partial charge on any atom is -0.467 e. The number of sulfonamides is 1. The Balaban J connectivity index is 2.10. The van der Waals surface area contributed by atoms with E-state index in [9.17, 15) is 13.2 Å². The van der Waals surface area contributed by atoms with Crippen LogP contribution in [0.5, 0.6) is 0 Å². The molecule has 1 amide bonds. The van der Waals surface area contributed by atoms with Crippen molar-refractivity contribution < 1.29 is 17.6 Å². The highest BCUT2D eigenvalue weighted by atomic mass is 32.2. The molecule has 142 valence electrons. The Hall–Kier alpha value is -2.12. The van der Waals surface area contributed by atoms with Gasteiger partial charge in [0, 0.05) is 0 Å². The van der Waals surface area contributed by atoms with E-state index < -0.39 is 22.0 Å². The molecule has 2 N–H and O–H groups in total. The minimum absolute atomic E-state index is 0.145. The number of furan rings is 1. The summed E-state index contributed by atoms with van der Waals surface area (Å²) in [6.45, 7) is 7.88. The fourth-order valence-corrected chi connectivity index (χ4v) is 3.80. The van der Waals surface area contributed by atoms with Gasteiger partial charge in [-0.2, -0.15) is 4.72 Å². The lowest BCUT2D eigenvalue weighted by molar-refractivity contribution is -0.123. The quantitative estimate of drug-likeness (QED) is 0.739. The Bertz CT molecular complexity index is 810. The molecule has 2 rings (SSSR count). The average Bonchev–Trinajstić information content (AvgIpc) is 3.11. The zero-order valence-electron chi connectivity index (χ0n) is 15.5. The van der Waals surface area contributed by atoms with Crippen molar-refractivity contribution in [2.75, 3.05) is 0 Å². The first-order valence-corrected chi connectivity index (χ1v) is 10.1. The van der Waals surface area contributed by atoms with Gasteiger partial charge in [-0.05, 0) is 41.7 Å². The van der Waals surface area contributed by atoms with E-state index in [0.717, 1.165) is 5.56 Å². The third kappa shape index (κ3) is 5.19. The molecule has 1 aromatic heterocycles. The Kier molecular flexibility index (Phi) is 6.61. The minimum atomic E-state index is -3.80. The van der Waals surface area contributed by atoms with E-state index in [1.807, 2.05) is 13.8 Å². The van der Waals surface area contributed by atoms with E-state index >= 15 is 0 Å². The van der Waals surface area contributed by atoms with Crippen LogP contribution in [-0.4, -0.2) is 20.4 Å². The van der Waals surface area contributed by atoms with Gasteiger partial charge < -0.3 is 9.73 Å². The van der Waals surface area contributed by atoms with E-state index in [4.69, 9.17) is 4.42 Å². The van der Waals surface area contributed by atoms with E-state index in [0.29, 0.717) is 11.7 Å². The number of hydrogen-bond acceptors (Lipinski definition) is 4. The molecule has 1 heterocycles. The monoisotopic (exact) mass is 378 g/mol. The van der Waals surface area contributed by atoms with E-state index in [2.05, 4.69) is 10.0 Å². The third-order valence-corrected chi connectivity index (χ3v) is 5.56. The summed E-state index contributed by atoms with van der Waals surface area (Å²) in [4.78, 5) is 12.6. The van der Waals surface area contributed by atoms with E-state index in [1.165, 1.54) is 6.26 Å². The van der Waals surface area contributed by atoms with Crippen LogP contribution in [0, 0.1) is 5.92 Å². The number of amides is 1. The molecule has 0 radical (unpaired) electrons. The van der Waals surface area contributed by atoms with Crippen LogP contribution in [0.15, 0.2) is 52.0 Å². The molecule has 7 heteroatoms. The van der Waals surface area contributed by atoms with Gasteiger partial charge in [0.15, 0.2) is 0 Å². The van der Waals surface area contributed by atoms with Gasteiger partial charge in [0.25, 0.3) is 0 Å². The Morgan fingerprint density at radius 2 is 1.73 bits per heavy atom. The largest absolute Gasteiger partial charge is 0.467 e. The second-order valence-corrected chi connectivity index (χ2v) is 8.58. The average molecular weight is 378 g/mol. The zero-order valence-corrected chi connectivity index (χ0v) is 16.3. The number of carbonyl (C=O) groups excluding carboxylic acids is 1. The summed E-state index contributed by atoms with van der Waals surface area (Å²) in [6.07, 6.45) is 1.52. The fourth-order valence-electron chi connectivity index (χ4n) is 2.46. The Labute approximate surface area is 155 Å². The maximum absolute atomic E-state index is 12.7. The number of nitrogens with one attached hydrogen (secondary N) is 2. The molecule has 0 aliphatic heterocycles.